The Bertz CT molecular complexity index is 361. The van der Waals surface area contributed by atoms with Crippen molar-refractivity contribution in [3.63, 3.8) is 0 Å². The lowest BCUT2D eigenvalue weighted by molar-refractivity contribution is 0.280. The third-order valence-corrected chi connectivity index (χ3v) is 4.44. The molecule has 0 bridgehead atoms. The van der Waals surface area contributed by atoms with Crippen LogP contribution in [0, 0.1) is 0 Å². The van der Waals surface area contributed by atoms with Gasteiger partial charge in [0.2, 0.25) is 0 Å². The summed E-state index contributed by atoms with van der Waals surface area (Å²) in [5.74, 6) is 1.11. The average Bonchev–Trinajstić information content (AvgIpc) is 2.37. The number of nitrogens with zero attached hydrogens (tertiary/aromatic N) is 1. The lowest BCUT2D eigenvalue weighted by Crippen LogP contribution is -2.43. The second-order valence-corrected chi connectivity index (χ2v) is 6.93. The van der Waals surface area contributed by atoms with E-state index in [4.69, 9.17) is 0 Å². The van der Waals surface area contributed by atoms with Crippen LogP contribution in [-0.2, 0) is 5.41 Å². The van der Waals surface area contributed by atoms with Crippen molar-refractivity contribution >= 4 is 11.8 Å². The number of rotatable bonds is 3. The van der Waals surface area contributed by atoms with Crippen molar-refractivity contribution in [2.75, 3.05) is 32.1 Å². The number of benzene rings is 1. The van der Waals surface area contributed by atoms with E-state index in [-0.39, 0.29) is 5.41 Å². The Labute approximate surface area is 115 Å². The Morgan fingerprint density at radius 1 is 1.11 bits per heavy atom. The van der Waals surface area contributed by atoms with E-state index in [9.17, 15) is 0 Å². The van der Waals surface area contributed by atoms with Gasteiger partial charge in [-0.05, 0) is 23.1 Å². The highest BCUT2D eigenvalue weighted by Crippen LogP contribution is 2.25. The summed E-state index contributed by atoms with van der Waals surface area (Å²) in [6.07, 6.45) is 0. The van der Waals surface area contributed by atoms with E-state index in [0.29, 0.717) is 0 Å². The van der Waals surface area contributed by atoms with Gasteiger partial charge in [0.05, 0.1) is 0 Å². The Morgan fingerprint density at radius 2 is 1.72 bits per heavy atom. The van der Waals surface area contributed by atoms with Crippen molar-refractivity contribution in [2.45, 2.75) is 31.1 Å². The molecule has 1 heterocycles. The lowest BCUT2D eigenvalue weighted by Gasteiger charge is -2.26. The van der Waals surface area contributed by atoms with Crippen LogP contribution in [0.1, 0.15) is 26.3 Å². The van der Waals surface area contributed by atoms with Gasteiger partial charge in [-0.3, -0.25) is 4.90 Å². The van der Waals surface area contributed by atoms with Crippen LogP contribution in [0.15, 0.2) is 29.2 Å². The summed E-state index contributed by atoms with van der Waals surface area (Å²) in [5, 5.41) is 3.39. The van der Waals surface area contributed by atoms with Crippen LogP contribution in [0.2, 0.25) is 0 Å². The maximum absolute atomic E-state index is 3.39. The first-order valence-corrected chi connectivity index (χ1v) is 7.71. The molecule has 2 rings (SSSR count). The summed E-state index contributed by atoms with van der Waals surface area (Å²) >= 11 is 1.94. The van der Waals surface area contributed by atoms with Crippen molar-refractivity contribution in [3.8, 4) is 0 Å². The number of piperazine rings is 1. The molecule has 0 saturated carbocycles. The standard InChI is InChI=1S/C15H24N2S/c1-15(2,3)13-4-6-14(7-5-13)18-12-17-10-8-16-9-11-17/h4-7,16H,8-12H2,1-3H3. The third-order valence-electron chi connectivity index (χ3n) is 3.34. The SMILES string of the molecule is CC(C)(C)c1ccc(SCN2CCNCC2)cc1. The highest BCUT2D eigenvalue weighted by atomic mass is 32.2. The predicted molar refractivity (Wildman–Crippen MR) is 80.3 cm³/mol. The molecule has 18 heavy (non-hydrogen) atoms. The largest absolute Gasteiger partial charge is 0.314 e. The summed E-state index contributed by atoms with van der Waals surface area (Å²) in [4.78, 5) is 3.89. The fraction of sp³-hybridized carbons (Fsp3) is 0.600. The number of nitrogens with one attached hydrogen (secondary N) is 1. The minimum absolute atomic E-state index is 0.252. The van der Waals surface area contributed by atoms with Crippen LogP contribution < -0.4 is 5.32 Å². The molecule has 0 radical (unpaired) electrons. The molecule has 1 fully saturated rings. The Hall–Kier alpha value is -0.510. The van der Waals surface area contributed by atoms with Gasteiger partial charge >= 0.3 is 0 Å². The molecular formula is C15H24N2S. The summed E-state index contributed by atoms with van der Waals surface area (Å²) < 4.78 is 0. The predicted octanol–water partition coefficient (Wildman–Crippen LogP) is 2.94. The van der Waals surface area contributed by atoms with E-state index < -0.39 is 0 Å². The molecule has 0 unspecified atom stereocenters. The van der Waals surface area contributed by atoms with E-state index in [0.717, 1.165) is 19.0 Å². The van der Waals surface area contributed by atoms with Crippen molar-refractivity contribution < 1.29 is 0 Å². The van der Waals surface area contributed by atoms with E-state index in [1.807, 2.05) is 11.8 Å². The van der Waals surface area contributed by atoms with Gasteiger partial charge < -0.3 is 5.32 Å². The van der Waals surface area contributed by atoms with Gasteiger partial charge in [-0.25, -0.2) is 0 Å². The first-order chi connectivity index (χ1) is 8.55. The van der Waals surface area contributed by atoms with Crippen LogP contribution in [-0.4, -0.2) is 37.0 Å². The molecule has 2 nitrogen and oxygen atoms in total. The zero-order chi connectivity index (χ0) is 13.0. The van der Waals surface area contributed by atoms with Crippen LogP contribution in [0.4, 0.5) is 0 Å². The van der Waals surface area contributed by atoms with Crippen LogP contribution in [0.5, 0.6) is 0 Å². The quantitative estimate of drug-likeness (QED) is 0.845. The molecular weight excluding hydrogens is 240 g/mol. The molecule has 0 spiro atoms. The van der Waals surface area contributed by atoms with Crippen molar-refractivity contribution in [1.29, 1.82) is 0 Å². The van der Waals surface area contributed by atoms with Crippen molar-refractivity contribution in [3.05, 3.63) is 29.8 Å². The van der Waals surface area contributed by atoms with Gasteiger partial charge in [0.1, 0.15) is 0 Å². The fourth-order valence-electron chi connectivity index (χ4n) is 2.06. The third kappa shape index (κ3) is 4.01. The summed E-state index contributed by atoms with van der Waals surface area (Å²) in [7, 11) is 0. The number of hydrogen-bond donors (Lipinski definition) is 1. The van der Waals surface area contributed by atoms with Crippen molar-refractivity contribution in [2.24, 2.45) is 0 Å². The van der Waals surface area contributed by atoms with Gasteiger partial charge in [-0.2, -0.15) is 0 Å². The van der Waals surface area contributed by atoms with E-state index in [1.54, 1.807) is 0 Å². The van der Waals surface area contributed by atoms with E-state index in [2.05, 4.69) is 55.3 Å². The van der Waals surface area contributed by atoms with Crippen molar-refractivity contribution in [1.82, 2.24) is 10.2 Å². The Morgan fingerprint density at radius 3 is 2.28 bits per heavy atom. The summed E-state index contributed by atoms with van der Waals surface area (Å²) in [6.45, 7) is 11.4. The van der Waals surface area contributed by atoms with Gasteiger partial charge in [0, 0.05) is 37.0 Å². The summed E-state index contributed by atoms with van der Waals surface area (Å²) in [5.41, 5.74) is 1.66. The molecule has 1 aromatic carbocycles. The molecule has 1 N–H and O–H groups in total. The lowest BCUT2D eigenvalue weighted by atomic mass is 9.87. The second-order valence-electron chi connectivity index (χ2n) is 5.92. The van der Waals surface area contributed by atoms with E-state index >= 15 is 0 Å². The zero-order valence-electron chi connectivity index (χ0n) is 11.7. The molecule has 3 heteroatoms. The minimum atomic E-state index is 0.252. The molecule has 1 saturated heterocycles. The maximum atomic E-state index is 3.39. The van der Waals surface area contributed by atoms with Crippen LogP contribution in [0.3, 0.4) is 0 Å². The molecule has 0 amide bonds. The van der Waals surface area contributed by atoms with Gasteiger partial charge in [0.15, 0.2) is 0 Å². The van der Waals surface area contributed by atoms with Crippen LogP contribution >= 0.6 is 11.8 Å². The normalized spacial score (nSPS) is 17.9. The highest BCUT2D eigenvalue weighted by molar-refractivity contribution is 7.99. The molecule has 0 aliphatic carbocycles. The topological polar surface area (TPSA) is 15.3 Å². The van der Waals surface area contributed by atoms with Gasteiger partial charge in [-0.1, -0.05) is 32.9 Å². The molecule has 1 aromatic rings. The molecule has 1 aliphatic rings. The maximum Gasteiger partial charge on any atom is 0.0492 e. The average molecular weight is 264 g/mol. The number of hydrogen-bond acceptors (Lipinski definition) is 3. The van der Waals surface area contributed by atoms with Gasteiger partial charge in [-0.15, -0.1) is 11.8 Å². The summed E-state index contributed by atoms with van der Waals surface area (Å²) in [6, 6.07) is 9.04. The van der Waals surface area contributed by atoms with Crippen LogP contribution in [0.25, 0.3) is 0 Å². The van der Waals surface area contributed by atoms with E-state index in [1.165, 1.54) is 23.5 Å². The molecule has 0 atom stereocenters. The first kappa shape index (κ1) is 13.9. The fourth-order valence-corrected chi connectivity index (χ4v) is 2.98. The second kappa shape index (κ2) is 6.09. The molecule has 0 aromatic heterocycles. The zero-order valence-corrected chi connectivity index (χ0v) is 12.5. The first-order valence-electron chi connectivity index (χ1n) is 6.72. The molecule has 1 aliphatic heterocycles. The number of thioether (sulfide) groups is 1. The minimum Gasteiger partial charge on any atom is -0.314 e. The Kier molecular flexibility index (Phi) is 4.71. The van der Waals surface area contributed by atoms with Gasteiger partial charge in [0.25, 0.3) is 0 Å². The Balaban J connectivity index is 1.86. The highest BCUT2D eigenvalue weighted by Gasteiger charge is 2.13. The monoisotopic (exact) mass is 264 g/mol. The smallest absolute Gasteiger partial charge is 0.0492 e. The molecule has 100 valence electrons.